The Morgan fingerprint density at radius 2 is 2.25 bits per heavy atom. The first-order valence-electron chi connectivity index (χ1n) is 6.54. The lowest BCUT2D eigenvalue weighted by molar-refractivity contribution is -0.122. The fraction of sp³-hybridized carbons (Fsp3) is 0.692. The zero-order valence-electron chi connectivity index (χ0n) is 11.9. The van der Waals surface area contributed by atoms with Crippen molar-refractivity contribution >= 4 is 5.91 Å². The monoisotopic (exact) mass is 287 g/mol. The number of ether oxygens (including phenoxy) is 1. The number of halogens is 2. The summed E-state index contributed by atoms with van der Waals surface area (Å²) < 4.78 is 31.4. The minimum Gasteiger partial charge on any atom is -0.379 e. The van der Waals surface area contributed by atoms with Crippen LogP contribution in [0.1, 0.15) is 36.8 Å². The van der Waals surface area contributed by atoms with Gasteiger partial charge in [-0.2, -0.15) is 13.9 Å². The van der Waals surface area contributed by atoms with Gasteiger partial charge in [-0.1, -0.05) is 0 Å². The largest absolute Gasteiger partial charge is 0.379 e. The van der Waals surface area contributed by atoms with E-state index in [-0.39, 0.29) is 17.9 Å². The summed E-state index contributed by atoms with van der Waals surface area (Å²) in [5, 5.41) is 6.68. The predicted octanol–water partition coefficient (Wildman–Crippen LogP) is 1.73. The predicted molar refractivity (Wildman–Crippen MR) is 68.6 cm³/mol. The quantitative estimate of drug-likeness (QED) is 0.917. The van der Waals surface area contributed by atoms with Crippen LogP contribution >= 0.6 is 0 Å². The highest BCUT2D eigenvalue weighted by molar-refractivity contribution is 5.79. The Kier molecular flexibility index (Phi) is 4.08. The summed E-state index contributed by atoms with van der Waals surface area (Å²) >= 11 is 0. The van der Waals surface area contributed by atoms with Gasteiger partial charge in [-0.05, 0) is 27.2 Å². The van der Waals surface area contributed by atoms with E-state index in [1.807, 2.05) is 6.92 Å². The fourth-order valence-electron chi connectivity index (χ4n) is 2.45. The summed E-state index contributed by atoms with van der Waals surface area (Å²) in [6, 6.07) is 0. The second-order valence-corrected chi connectivity index (χ2v) is 5.46. The number of nitrogens with zero attached hydrogens (tertiary/aromatic N) is 2. The number of carbonyl (C=O) groups is 1. The first-order chi connectivity index (χ1) is 9.32. The number of hydrogen-bond acceptors (Lipinski definition) is 3. The molecule has 1 aliphatic heterocycles. The van der Waals surface area contributed by atoms with Crippen molar-refractivity contribution < 1.29 is 18.3 Å². The summed E-state index contributed by atoms with van der Waals surface area (Å²) in [6.45, 7) is 3.52. The molecular weight excluding hydrogens is 268 g/mol. The molecule has 1 saturated heterocycles. The van der Waals surface area contributed by atoms with Gasteiger partial charge in [0.25, 0.3) is 0 Å². The molecule has 0 radical (unpaired) electrons. The Morgan fingerprint density at radius 3 is 2.75 bits per heavy atom. The molecule has 1 aliphatic rings. The standard InChI is InChI=1S/C13H19F2N3O2/c1-8-10(9(2)18(17-8)12(14)15)6-11(19)16-13(3)4-5-20-7-13/h12H,4-7H2,1-3H3,(H,16,19). The maximum absolute atomic E-state index is 12.7. The Hall–Kier alpha value is -1.50. The highest BCUT2D eigenvalue weighted by Gasteiger charge is 2.31. The Labute approximate surface area is 116 Å². The Morgan fingerprint density at radius 1 is 1.55 bits per heavy atom. The van der Waals surface area contributed by atoms with E-state index in [1.54, 1.807) is 13.8 Å². The summed E-state index contributed by atoms with van der Waals surface area (Å²) in [6.07, 6.45) is 0.812. The average Bonchev–Trinajstić information content (AvgIpc) is 2.88. The number of rotatable bonds is 4. The molecule has 2 rings (SSSR count). The summed E-state index contributed by atoms with van der Waals surface area (Å²) in [7, 11) is 0. The van der Waals surface area contributed by atoms with Gasteiger partial charge < -0.3 is 10.1 Å². The van der Waals surface area contributed by atoms with E-state index >= 15 is 0 Å². The minimum atomic E-state index is -2.69. The maximum Gasteiger partial charge on any atom is 0.333 e. The average molecular weight is 287 g/mol. The molecule has 1 aromatic rings. The van der Waals surface area contributed by atoms with E-state index in [4.69, 9.17) is 4.74 Å². The van der Waals surface area contributed by atoms with E-state index < -0.39 is 6.55 Å². The van der Waals surface area contributed by atoms with Crippen molar-refractivity contribution in [2.75, 3.05) is 13.2 Å². The second kappa shape index (κ2) is 5.47. The zero-order chi connectivity index (χ0) is 14.9. The van der Waals surface area contributed by atoms with Crippen molar-refractivity contribution in [3.05, 3.63) is 17.0 Å². The molecule has 1 fully saturated rings. The lowest BCUT2D eigenvalue weighted by Gasteiger charge is -2.23. The normalized spacial score (nSPS) is 22.5. The fourth-order valence-corrected chi connectivity index (χ4v) is 2.45. The zero-order valence-corrected chi connectivity index (χ0v) is 11.9. The van der Waals surface area contributed by atoms with Crippen LogP contribution in [-0.4, -0.2) is 34.4 Å². The molecule has 112 valence electrons. The smallest absolute Gasteiger partial charge is 0.333 e. The molecule has 1 atom stereocenters. The molecule has 0 saturated carbocycles. The molecule has 0 bridgehead atoms. The van der Waals surface area contributed by atoms with Crippen LogP contribution in [0.5, 0.6) is 0 Å². The van der Waals surface area contributed by atoms with Crippen LogP contribution in [0.2, 0.25) is 0 Å². The highest BCUT2D eigenvalue weighted by atomic mass is 19.3. The van der Waals surface area contributed by atoms with Gasteiger partial charge in [0.05, 0.1) is 24.3 Å². The molecule has 1 unspecified atom stereocenters. The van der Waals surface area contributed by atoms with E-state index in [1.165, 1.54) is 0 Å². The van der Waals surface area contributed by atoms with Crippen LogP contribution in [0.25, 0.3) is 0 Å². The first-order valence-corrected chi connectivity index (χ1v) is 6.54. The molecule has 0 aliphatic carbocycles. The van der Waals surface area contributed by atoms with Gasteiger partial charge in [-0.15, -0.1) is 0 Å². The summed E-state index contributed by atoms with van der Waals surface area (Å²) in [5.74, 6) is -0.196. The van der Waals surface area contributed by atoms with Gasteiger partial charge in [0.1, 0.15) is 0 Å². The van der Waals surface area contributed by atoms with Crippen LogP contribution in [0.3, 0.4) is 0 Å². The van der Waals surface area contributed by atoms with Crippen LogP contribution in [-0.2, 0) is 16.0 Å². The van der Waals surface area contributed by atoms with Gasteiger partial charge in [0.15, 0.2) is 0 Å². The van der Waals surface area contributed by atoms with E-state index in [0.29, 0.717) is 34.8 Å². The molecule has 1 amide bonds. The molecule has 20 heavy (non-hydrogen) atoms. The molecule has 0 aromatic carbocycles. The molecule has 2 heterocycles. The van der Waals surface area contributed by atoms with E-state index in [9.17, 15) is 13.6 Å². The van der Waals surface area contributed by atoms with Gasteiger partial charge in [-0.3, -0.25) is 4.79 Å². The number of aromatic nitrogens is 2. The Balaban J connectivity index is 2.08. The molecular formula is C13H19F2N3O2. The van der Waals surface area contributed by atoms with Gasteiger partial charge >= 0.3 is 6.55 Å². The molecule has 7 heteroatoms. The van der Waals surface area contributed by atoms with Crippen molar-refractivity contribution in [3.63, 3.8) is 0 Å². The van der Waals surface area contributed by atoms with Gasteiger partial charge in [0, 0.05) is 17.9 Å². The Bertz CT molecular complexity index is 508. The number of hydrogen-bond donors (Lipinski definition) is 1. The lowest BCUT2D eigenvalue weighted by atomic mass is 10.0. The van der Waals surface area contributed by atoms with Crippen molar-refractivity contribution in [1.82, 2.24) is 15.1 Å². The maximum atomic E-state index is 12.7. The second-order valence-electron chi connectivity index (χ2n) is 5.46. The third kappa shape index (κ3) is 2.98. The third-order valence-electron chi connectivity index (χ3n) is 3.66. The minimum absolute atomic E-state index is 0.0555. The lowest BCUT2D eigenvalue weighted by Crippen LogP contribution is -2.47. The van der Waals surface area contributed by atoms with Crippen molar-refractivity contribution in [1.29, 1.82) is 0 Å². The van der Waals surface area contributed by atoms with E-state index in [2.05, 4.69) is 10.4 Å². The summed E-state index contributed by atoms with van der Waals surface area (Å²) in [5.41, 5.74) is 0.994. The number of nitrogens with one attached hydrogen (secondary N) is 1. The number of carbonyl (C=O) groups excluding carboxylic acids is 1. The number of amides is 1. The topological polar surface area (TPSA) is 56.2 Å². The van der Waals surface area contributed by atoms with Crippen molar-refractivity contribution in [2.24, 2.45) is 0 Å². The molecule has 5 nitrogen and oxygen atoms in total. The molecule has 0 spiro atoms. The van der Waals surface area contributed by atoms with Crippen LogP contribution in [0, 0.1) is 13.8 Å². The van der Waals surface area contributed by atoms with Crippen molar-refractivity contribution in [3.8, 4) is 0 Å². The van der Waals surface area contributed by atoms with Crippen LogP contribution in [0.15, 0.2) is 0 Å². The van der Waals surface area contributed by atoms with Crippen LogP contribution in [0.4, 0.5) is 8.78 Å². The number of alkyl halides is 2. The van der Waals surface area contributed by atoms with Crippen molar-refractivity contribution in [2.45, 2.75) is 45.7 Å². The molecule has 1 aromatic heterocycles. The SMILES string of the molecule is Cc1nn(C(F)F)c(C)c1CC(=O)NC1(C)CCOC1. The molecule has 1 N–H and O–H groups in total. The van der Waals surface area contributed by atoms with Gasteiger partial charge in [-0.25, -0.2) is 4.68 Å². The van der Waals surface area contributed by atoms with Gasteiger partial charge in [0.2, 0.25) is 5.91 Å². The highest BCUT2D eigenvalue weighted by Crippen LogP contribution is 2.21. The first kappa shape index (κ1) is 14.9. The summed E-state index contributed by atoms with van der Waals surface area (Å²) in [4.78, 5) is 12.1. The van der Waals surface area contributed by atoms with E-state index in [0.717, 1.165) is 6.42 Å². The van der Waals surface area contributed by atoms with Crippen LogP contribution < -0.4 is 5.32 Å². The third-order valence-corrected chi connectivity index (χ3v) is 3.66. The number of aryl methyl sites for hydroxylation is 1.